The van der Waals surface area contributed by atoms with Crippen molar-refractivity contribution in [2.75, 3.05) is 0 Å². The first-order chi connectivity index (χ1) is 11.6. The van der Waals surface area contributed by atoms with Crippen LogP contribution in [0.4, 0.5) is 0 Å². The Labute approximate surface area is 155 Å². The van der Waals surface area contributed by atoms with Crippen molar-refractivity contribution in [3.63, 3.8) is 0 Å². The summed E-state index contributed by atoms with van der Waals surface area (Å²) in [5.74, 6) is -1.44. The summed E-state index contributed by atoms with van der Waals surface area (Å²) < 4.78 is 0. The van der Waals surface area contributed by atoms with E-state index >= 15 is 0 Å². The number of para-hydroxylation sites is 1. The van der Waals surface area contributed by atoms with Crippen molar-refractivity contribution in [3.05, 3.63) is 66.7 Å². The molecule has 8 nitrogen and oxygen atoms in total. The number of aliphatic imine (C=N–C) groups is 1. The third-order valence-corrected chi connectivity index (χ3v) is 2.51. The molecule has 1 atom stereocenters. The van der Waals surface area contributed by atoms with Gasteiger partial charge in [0.1, 0.15) is 0 Å². The van der Waals surface area contributed by atoms with Crippen molar-refractivity contribution in [3.8, 4) is 5.75 Å². The number of nitrogens with zero attached hydrogens (tertiary/aromatic N) is 3. The SMILES string of the molecule is C[C@H](N=Cc1ccccc1[O-])C(=O)[O-].[Cu+2].c1cn[nH]c1.c1cn[nH]c1. The minimum absolute atomic E-state index is 0. The number of rotatable bonds is 3. The van der Waals surface area contributed by atoms with Gasteiger partial charge in [0.2, 0.25) is 0 Å². The quantitative estimate of drug-likeness (QED) is 0.484. The van der Waals surface area contributed by atoms with Gasteiger partial charge in [0, 0.05) is 31.0 Å². The summed E-state index contributed by atoms with van der Waals surface area (Å²) in [7, 11) is 0. The summed E-state index contributed by atoms with van der Waals surface area (Å²) in [6.07, 6.45) is 8.17. The van der Waals surface area contributed by atoms with Gasteiger partial charge >= 0.3 is 17.1 Å². The molecule has 1 aromatic carbocycles. The fraction of sp³-hybridized carbons (Fsp3) is 0.125. The van der Waals surface area contributed by atoms with Gasteiger partial charge < -0.3 is 15.0 Å². The Morgan fingerprint density at radius 2 is 1.68 bits per heavy atom. The smallest absolute Gasteiger partial charge is 0.872 e. The maximum atomic E-state index is 11.1. The van der Waals surface area contributed by atoms with E-state index in [0.29, 0.717) is 5.56 Å². The molecule has 3 aromatic rings. The molecule has 0 aliphatic carbocycles. The zero-order valence-electron chi connectivity index (χ0n) is 13.3. The number of aliphatic carboxylic acids is 1. The molecule has 0 amide bonds. The predicted octanol–water partition coefficient (Wildman–Crippen LogP) is 0.134. The third-order valence-electron chi connectivity index (χ3n) is 2.51. The first kappa shape index (κ1) is 22.1. The normalized spacial score (nSPS) is 10.4. The van der Waals surface area contributed by atoms with E-state index in [2.05, 4.69) is 25.4 Å². The second kappa shape index (κ2) is 13.5. The molecule has 1 radical (unpaired) electrons. The van der Waals surface area contributed by atoms with Crippen LogP contribution in [-0.4, -0.2) is 38.6 Å². The molecule has 0 aliphatic heterocycles. The molecule has 0 aliphatic rings. The summed E-state index contributed by atoms with van der Waals surface area (Å²) in [4.78, 5) is 14.0. The number of aromatic nitrogens is 4. The van der Waals surface area contributed by atoms with E-state index in [1.807, 2.05) is 12.1 Å². The van der Waals surface area contributed by atoms with Gasteiger partial charge in [0.15, 0.2) is 0 Å². The molecule has 0 fully saturated rings. The number of nitrogens with one attached hydrogen (secondary N) is 2. The second-order valence-corrected chi connectivity index (χ2v) is 4.34. The monoisotopic (exact) mass is 390 g/mol. The van der Waals surface area contributed by atoms with Gasteiger partial charge in [-0.15, -0.1) is 5.75 Å². The number of hydrogen-bond donors (Lipinski definition) is 2. The van der Waals surface area contributed by atoms with Crippen LogP contribution in [0.5, 0.6) is 5.75 Å². The number of carboxylic acid groups (broad SMARTS) is 1. The molecule has 0 spiro atoms. The zero-order chi connectivity index (χ0) is 17.6. The van der Waals surface area contributed by atoms with E-state index in [4.69, 9.17) is 0 Å². The Kier molecular flexibility index (Phi) is 12.0. The molecule has 25 heavy (non-hydrogen) atoms. The topological polar surface area (TPSA) is 133 Å². The van der Waals surface area contributed by atoms with Crippen LogP contribution in [0.3, 0.4) is 0 Å². The van der Waals surface area contributed by atoms with Crippen LogP contribution in [0.15, 0.2) is 66.2 Å². The number of H-pyrrole nitrogens is 2. The number of carbonyl (C=O) groups excluding carboxylic acids is 1. The fourth-order valence-electron chi connectivity index (χ4n) is 1.27. The van der Waals surface area contributed by atoms with E-state index in [-0.39, 0.29) is 22.8 Å². The molecular formula is C16H17CuN5O3. The van der Waals surface area contributed by atoms with E-state index in [1.165, 1.54) is 19.2 Å². The number of carbonyl (C=O) groups is 1. The van der Waals surface area contributed by atoms with Crippen molar-refractivity contribution in [2.24, 2.45) is 4.99 Å². The van der Waals surface area contributed by atoms with Gasteiger partial charge in [-0.2, -0.15) is 10.2 Å². The van der Waals surface area contributed by atoms with Crippen LogP contribution in [-0.2, 0) is 21.9 Å². The summed E-state index contributed by atoms with van der Waals surface area (Å²) in [5.41, 5.74) is 0.376. The first-order valence-electron chi connectivity index (χ1n) is 6.99. The Morgan fingerprint density at radius 1 is 1.12 bits per heavy atom. The van der Waals surface area contributed by atoms with Crippen LogP contribution < -0.4 is 10.2 Å². The Balaban J connectivity index is 0.000000425. The van der Waals surface area contributed by atoms with Crippen LogP contribution in [0, 0.1) is 0 Å². The number of benzene rings is 1. The molecule has 3 rings (SSSR count). The van der Waals surface area contributed by atoms with Gasteiger partial charge in [0.25, 0.3) is 0 Å². The van der Waals surface area contributed by atoms with Gasteiger partial charge in [-0.1, -0.05) is 24.3 Å². The molecule has 0 saturated heterocycles. The van der Waals surface area contributed by atoms with E-state index < -0.39 is 12.0 Å². The second-order valence-electron chi connectivity index (χ2n) is 4.34. The standard InChI is InChI=1S/C10H11NO3.2C3H4N2.Cu/c1-7(10(13)14)11-6-8-4-2-3-5-9(8)12;2*1-2-4-5-3-1;/h2-7,12H,1H3,(H,13,14);2*1-3H,(H,4,5);/q;;;+2/p-2/t7-;;;/m0.../s1. The Morgan fingerprint density at radius 3 is 2.04 bits per heavy atom. The van der Waals surface area contributed by atoms with Crippen LogP contribution in [0.2, 0.25) is 0 Å². The molecular weight excluding hydrogens is 374 g/mol. The van der Waals surface area contributed by atoms with Crippen molar-refractivity contribution in [1.82, 2.24) is 20.4 Å². The molecule has 0 unspecified atom stereocenters. The predicted molar refractivity (Wildman–Crippen MR) is 85.1 cm³/mol. The van der Waals surface area contributed by atoms with E-state index in [0.717, 1.165) is 0 Å². The molecule has 0 saturated carbocycles. The van der Waals surface area contributed by atoms with Gasteiger partial charge in [-0.3, -0.25) is 15.2 Å². The number of aromatic amines is 2. The van der Waals surface area contributed by atoms with Crippen molar-refractivity contribution in [1.29, 1.82) is 0 Å². The first-order valence-corrected chi connectivity index (χ1v) is 6.99. The molecule has 0 bridgehead atoms. The molecule has 135 valence electrons. The third kappa shape index (κ3) is 10.5. The van der Waals surface area contributed by atoms with Gasteiger partial charge in [-0.05, 0) is 24.6 Å². The van der Waals surface area contributed by atoms with Crippen molar-refractivity contribution in [2.45, 2.75) is 13.0 Å². The number of hydrogen-bond acceptors (Lipinski definition) is 6. The summed E-state index contributed by atoms with van der Waals surface area (Å²) in [5, 5.41) is 33.9. The molecule has 2 heterocycles. The Bertz CT molecular complexity index is 642. The maximum Gasteiger partial charge on any atom is 2.00 e. The van der Waals surface area contributed by atoms with Crippen molar-refractivity contribution >= 4 is 12.2 Å². The zero-order valence-corrected chi connectivity index (χ0v) is 14.2. The van der Waals surface area contributed by atoms with Crippen LogP contribution >= 0.6 is 0 Å². The average Bonchev–Trinajstić information content (AvgIpc) is 3.31. The van der Waals surface area contributed by atoms with Crippen LogP contribution in [0.25, 0.3) is 0 Å². The minimum Gasteiger partial charge on any atom is -0.872 e. The van der Waals surface area contributed by atoms with E-state index in [1.54, 1.807) is 43.0 Å². The average molecular weight is 391 g/mol. The van der Waals surface area contributed by atoms with Gasteiger partial charge in [-0.25, -0.2) is 0 Å². The summed E-state index contributed by atoms with van der Waals surface area (Å²) >= 11 is 0. The van der Waals surface area contributed by atoms with Crippen molar-refractivity contribution < 1.29 is 32.1 Å². The maximum absolute atomic E-state index is 11.1. The fourth-order valence-corrected chi connectivity index (χ4v) is 1.27. The molecule has 9 heteroatoms. The number of carboxylic acids is 1. The largest absolute Gasteiger partial charge is 2.00 e. The van der Waals surface area contributed by atoms with Gasteiger partial charge in [0.05, 0.1) is 12.0 Å². The molecule has 2 N–H and O–H groups in total. The summed E-state index contributed by atoms with van der Waals surface area (Å²) in [6, 6.07) is 9.00. The molecule has 2 aromatic heterocycles. The summed E-state index contributed by atoms with van der Waals surface area (Å²) in [6.45, 7) is 1.39. The Hall–Kier alpha value is -2.90. The minimum atomic E-state index is -1.26. The van der Waals surface area contributed by atoms with E-state index in [9.17, 15) is 15.0 Å². The van der Waals surface area contributed by atoms with Crippen LogP contribution in [0.1, 0.15) is 12.5 Å².